The molecule has 0 spiro atoms. The first-order valence-electron chi connectivity index (χ1n) is 11.4. The zero-order valence-corrected chi connectivity index (χ0v) is 19.2. The molecule has 0 aliphatic carbocycles. The van der Waals surface area contributed by atoms with Gasteiger partial charge in [-0.05, 0) is 42.7 Å². The summed E-state index contributed by atoms with van der Waals surface area (Å²) in [4.78, 5) is 26.5. The fraction of sp³-hybridized carbons (Fsp3) is 0.333. The fourth-order valence-electron chi connectivity index (χ4n) is 3.95. The molecule has 0 saturated carbocycles. The second-order valence-electron chi connectivity index (χ2n) is 8.52. The van der Waals surface area contributed by atoms with Crippen molar-refractivity contribution in [2.45, 2.75) is 38.9 Å². The molecule has 1 amide bonds. The molecule has 0 bridgehead atoms. The van der Waals surface area contributed by atoms with Crippen molar-refractivity contribution in [3.05, 3.63) is 93.9 Å². The van der Waals surface area contributed by atoms with Crippen molar-refractivity contribution in [2.24, 2.45) is 7.05 Å². The standard InChI is InChI=1S/C27H30N2O4/c1-20-16-25(17-27(31)28(20)2)33-24-14-15-29(18-24)26(30)13-10-21-8-11-23(12-9-21)32-19-22-6-4-3-5-7-22/h3-9,11-12,16-17,24H,10,13-15,18-19H2,1-2H3. The molecule has 6 heteroatoms. The molecular formula is C27H30N2O4. The van der Waals surface area contributed by atoms with Gasteiger partial charge in [-0.2, -0.15) is 0 Å². The summed E-state index contributed by atoms with van der Waals surface area (Å²) in [5.74, 6) is 1.52. The minimum Gasteiger partial charge on any atom is -0.489 e. The number of hydrogen-bond acceptors (Lipinski definition) is 4. The van der Waals surface area contributed by atoms with Crippen molar-refractivity contribution in [3.8, 4) is 11.5 Å². The Morgan fingerprint density at radius 1 is 1.00 bits per heavy atom. The first-order chi connectivity index (χ1) is 16.0. The van der Waals surface area contributed by atoms with Gasteiger partial charge in [-0.25, -0.2) is 0 Å². The quantitative estimate of drug-likeness (QED) is 0.527. The van der Waals surface area contributed by atoms with E-state index in [4.69, 9.17) is 9.47 Å². The monoisotopic (exact) mass is 446 g/mol. The summed E-state index contributed by atoms with van der Waals surface area (Å²) in [5.41, 5.74) is 3.00. The Morgan fingerprint density at radius 3 is 2.48 bits per heavy atom. The molecule has 1 fully saturated rings. The average Bonchev–Trinajstić information content (AvgIpc) is 3.29. The van der Waals surface area contributed by atoms with E-state index in [0.29, 0.717) is 38.3 Å². The third-order valence-electron chi connectivity index (χ3n) is 6.08. The maximum Gasteiger partial charge on any atom is 0.254 e. The van der Waals surface area contributed by atoms with Gasteiger partial charge in [0.2, 0.25) is 5.91 Å². The number of carbonyl (C=O) groups excluding carboxylic acids is 1. The van der Waals surface area contributed by atoms with Crippen LogP contribution in [-0.4, -0.2) is 34.6 Å². The van der Waals surface area contributed by atoms with Gasteiger partial charge in [0.15, 0.2) is 0 Å². The van der Waals surface area contributed by atoms with Gasteiger partial charge in [0, 0.05) is 38.2 Å². The lowest BCUT2D eigenvalue weighted by Crippen LogP contribution is -2.31. The molecule has 0 N–H and O–H groups in total. The van der Waals surface area contributed by atoms with Gasteiger partial charge in [-0.1, -0.05) is 42.5 Å². The summed E-state index contributed by atoms with van der Waals surface area (Å²) >= 11 is 0. The largest absolute Gasteiger partial charge is 0.489 e. The van der Waals surface area contributed by atoms with Crippen LogP contribution in [0, 0.1) is 6.92 Å². The normalized spacial score (nSPS) is 15.5. The van der Waals surface area contributed by atoms with Crippen molar-refractivity contribution in [1.82, 2.24) is 9.47 Å². The van der Waals surface area contributed by atoms with Crippen LogP contribution in [0.15, 0.2) is 71.5 Å². The molecule has 1 saturated heterocycles. The molecule has 1 aromatic heterocycles. The lowest BCUT2D eigenvalue weighted by molar-refractivity contribution is -0.130. The zero-order chi connectivity index (χ0) is 23.2. The Morgan fingerprint density at radius 2 is 1.76 bits per heavy atom. The number of pyridine rings is 1. The molecule has 1 atom stereocenters. The summed E-state index contributed by atoms with van der Waals surface area (Å²) < 4.78 is 13.4. The van der Waals surface area contributed by atoms with Crippen LogP contribution in [0.1, 0.15) is 29.7 Å². The van der Waals surface area contributed by atoms with Gasteiger partial charge < -0.3 is 18.9 Å². The van der Waals surface area contributed by atoms with E-state index in [0.717, 1.165) is 29.0 Å². The van der Waals surface area contributed by atoms with Crippen LogP contribution in [0.2, 0.25) is 0 Å². The number of nitrogens with zero attached hydrogens (tertiary/aromatic N) is 2. The summed E-state index contributed by atoms with van der Waals surface area (Å²) in [5, 5.41) is 0. The SMILES string of the molecule is Cc1cc(OC2CCN(C(=O)CCc3ccc(OCc4ccccc4)cc3)C2)cc(=O)n1C. The number of rotatable bonds is 8. The van der Waals surface area contributed by atoms with Crippen molar-refractivity contribution >= 4 is 5.91 Å². The van der Waals surface area contributed by atoms with E-state index in [1.807, 2.05) is 72.5 Å². The highest BCUT2D eigenvalue weighted by atomic mass is 16.5. The van der Waals surface area contributed by atoms with Crippen molar-refractivity contribution in [3.63, 3.8) is 0 Å². The summed E-state index contributed by atoms with van der Waals surface area (Å²) in [6.07, 6.45) is 1.84. The van der Waals surface area contributed by atoms with E-state index in [1.54, 1.807) is 11.6 Å². The van der Waals surface area contributed by atoms with E-state index < -0.39 is 0 Å². The van der Waals surface area contributed by atoms with Gasteiger partial charge in [0.1, 0.15) is 24.2 Å². The van der Waals surface area contributed by atoms with Crippen LogP contribution in [0.3, 0.4) is 0 Å². The minimum absolute atomic E-state index is 0.0819. The summed E-state index contributed by atoms with van der Waals surface area (Å²) in [6, 6.07) is 21.4. The van der Waals surface area contributed by atoms with Gasteiger partial charge in [0.25, 0.3) is 5.56 Å². The lowest BCUT2D eigenvalue weighted by atomic mass is 10.1. The van der Waals surface area contributed by atoms with Gasteiger partial charge in [-0.15, -0.1) is 0 Å². The molecule has 3 aromatic rings. The number of hydrogen-bond donors (Lipinski definition) is 0. The number of aryl methyl sites for hydroxylation is 2. The predicted octanol–water partition coefficient (Wildman–Crippen LogP) is 3.89. The zero-order valence-electron chi connectivity index (χ0n) is 19.2. The summed E-state index contributed by atoms with van der Waals surface area (Å²) in [6.45, 7) is 3.65. The molecule has 6 nitrogen and oxygen atoms in total. The number of ether oxygens (including phenoxy) is 2. The number of benzene rings is 2. The van der Waals surface area contributed by atoms with E-state index in [-0.39, 0.29) is 17.6 Å². The number of carbonyl (C=O) groups is 1. The number of amides is 1. The highest BCUT2D eigenvalue weighted by molar-refractivity contribution is 5.76. The van der Waals surface area contributed by atoms with Gasteiger partial charge in [-0.3, -0.25) is 9.59 Å². The van der Waals surface area contributed by atoms with Crippen LogP contribution in [-0.2, 0) is 24.9 Å². The van der Waals surface area contributed by atoms with Gasteiger partial charge >= 0.3 is 0 Å². The first-order valence-corrected chi connectivity index (χ1v) is 11.4. The molecule has 2 heterocycles. The highest BCUT2D eigenvalue weighted by Gasteiger charge is 2.27. The van der Waals surface area contributed by atoms with E-state index in [1.165, 1.54) is 6.07 Å². The smallest absolute Gasteiger partial charge is 0.254 e. The molecular weight excluding hydrogens is 416 g/mol. The Kier molecular flexibility index (Phi) is 7.13. The van der Waals surface area contributed by atoms with E-state index in [9.17, 15) is 9.59 Å². The first kappa shape index (κ1) is 22.6. The van der Waals surface area contributed by atoms with Crippen molar-refractivity contribution in [2.75, 3.05) is 13.1 Å². The minimum atomic E-state index is -0.0904. The molecule has 0 radical (unpaired) electrons. The highest BCUT2D eigenvalue weighted by Crippen LogP contribution is 2.20. The van der Waals surface area contributed by atoms with Crippen LogP contribution >= 0.6 is 0 Å². The molecule has 33 heavy (non-hydrogen) atoms. The second-order valence-corrected chi connectivity index (χ2v) is 8.52. The second kappa shape index (κ2) is 10.4. The average molecular weight is 447 g/mol. The van der Waals surface area contributed by atoms with Gasteiger partial charge in [0.05, 0.1) is 6.54 Å². The van der Waals surface area contributed by atoms with Crippen LogP contribution < -0.4 is 15.0 Å². The Balaban J connectivity index is 1.22. The number of likely N-dealkylation sites (tertiary alicyclic amines) is 1. The Labute approximate surface area is 194 Å². The predicted molar refractivity (Wildman–Crippen MR) is 128 cm³/mol. The topological polar surface area (TPSA) is 60.8 Å². The van der Waals surface area contributed by atoms with Crippen LogP contribution in [0.4, 0.5) is 0 Å². The van der Waals surface area contributed by atoms with E-state index in [2.05, 4.69) is 0 Å². The van der Waals surface area contributed by atoms with Crippen LogP contribution in [0.5, 0.6) is 11.5 Å². The maximum absolute atomic E-state index is 12.7. The third-order valence-corrected chi connectivity index (χ3v) is 6.08. The fourth-order valence-corrected chi connectivity index (χ4v) is 3.95. The lowest BCUT2D eigenvalue weighted by Gasteiger charge is -2.18. The Bertz CT molecular complexity index is 1140. The Hall–Kier alpha value is -3.54. The molecule has 2 aromatic carbocycles. The van der Waals surface area contributed by atoms with Crippen molar-refractivity contribution < 1.29 is 14.3 Å². The van der Waals surface area contributed by atoms with E-state index >= 15 is 0 Å². The molecule has 1 unspecified atom stereocenters. The third kappa shape index (κ3) is 6.04. The van der Waals surface area contributed by atoms with Crippen molar-refractivity contribution in [1.29, 1.82) is 0 Å². The maximum atomic E-state index is 12.7. The summed E-state index contributed by atoms with van der Waals surface area (Å²) in [7, 11) is 1.74. The molecule has 4 rings (SSSR count). The molecule has 172 valence electrons. The number of aromatic nitrogens is 1. The molecule has 1 aliphatic rings. The van der Waals surface area contributed by atoms with Crippen LogP contribution in [0.25, 0.3) is 0 Å². The molecule has 1 aliphatic heterocycles.